The van der Waals surface area contributed by atoms with E-state index in [4.69, 9.17) is 4.74 Å². The maximum atomic E-state index is 12.0. The molecule has 2 rings (SSSR count). The van der Waals surface area contributed by atoms with Crippen molar-refractivity contribution in [3.63, 3.8) is 0 Å². The van der Waals surface area contributed by atoms with Gasteiger partial charge in [-0.25, -0.2) is 0 Å². The van der Waals surface area contributed by atoms with E-state index >= 15 is 0 Å². The molecule has 5 heteroatoms. The fourth-order valence-electron chi connectivity index (χ4n) is 2.15. The molecular formula is C19H25N3O2. The minimum Gasteiger partial charge on any atom is -0.491 e. The van der Waals surface area contributed by atoms with Crippen molar-refractivity contribution < 1.29 is 9.53 Å². The van der Waals surface area contributed by atoms with E-state index in [-0.39, 0.29) is 18.6 Å². The van der Waals surface area contributed by atoms with Gasteiger partial charge in [0.15, 0.2) is 0 Å². The molecule has 2 aromatic rings. The zero-order valence-electron chi connectivity index (χ0n) is 14.7. The number of nitrogens with one attached hydrogen (secondary N) is 2. The highest BCUT2D eigenvalue weighted by atomic mass is 16.5. The van der Waals surface area contributed by atoms with Gasteiger partial charge >= 0.3 is 0 Å². The first-order chi connectivity index (χ1) is 11.4. The molecule has 0 radical (unpaired) electrons. The summed E-state index contributed by atoms with van der Waals surface area (Å²) in [5.41, 5.74) is 2.76. The number of carbonyl (C=O) groups is 1. The number of nitrogens with zero attached hydrogens (tertiary/aromatic N) is 1. The molecule has 0 fully saturated rings. The molecule has 0 aliphatic rings. The molecule has 24 heavy (non-hydrogen) atoms. The summed E-state index contributed by atoms with van der Waals surface area (Å²) in [6.45, 7) is 4.18. The summed E-state index contributed by atoms with van der Waals surface area (Å²) in [6, 6.07) is 15.3. The number of ether oxygens (including phenoxy) is 1. The Morgan fingerprint density at radius 2 is 1.58 bits per heavy atom. The van der Waals surface area contributed by atoms with Gasteiger partial charge in [0.2, 0.25) is 5.91 Å². The predicted molar refractivity (Wildman–Crippen MR) is 100 cm³/mol. The zero-order valence-corrected chi connectivity index (χ0v) is 14.7. The van der Waals surface area contributed by atoms with Crippen molar-refractivity contribution in [1.29, 1.82) is 0 Å². The second kappa shape index (κ2) is 8.24. The van der Waals surface area contributed by atoms with Gasteiger partial charge in [0.1, 0.15) is 5.75 Å². The molecule has 0 spiro atoms. The number of hydrogen-bond donors (Lipinski definition) is 2. The first-order valence-electron chi connectivity index (χ1n) is 8.02. The molecule has 0 aliphatic carbocycles. The number of hydrogen-bond acceptors (Lipinski definition) is 4. The summed E-state index contributed by atoms with van der Waals surface area (Å²) in [5, 5.41) is 5.97. The van der Waals surface area contributed by atoms with E-state index in [1.54, 1.807) is 0 Å². The van der Waals surface area contributed by atoms with Crippen LogP contribution in [-0.4, -0.2) is 32.7 Å². The minimum atomic E-state index is -0.0879. The molecule has 0 unspecified atom stereocenters. The van der Waals surface area contributed by atoms with Crippen LogP contribution in [0.3, 0.4) is 0 Å². The van der Waals surface area contributed by atoms with Gasteiger partial charge in [-0.15, -0.1) is 0 Å². The average molecular weight is 327 g/mol. The van der Waals surface area contributed by atoms with E-state index in [0.717, 1.165) is 22.8 Å². The molecule has 128 valence electrons. The lowest BCUT2D eigenvalue weighted by molar-refractivity contribution is -0.114. The van der Waals surface area contributed by atoms with Gasteiger partial charge in [-0.05, 0) is 62.4 Å². The lowest BCUT2D eigenvalue weighted by atomic mass is 10.2. The van der Waals surface area contributed by atoms with Crippen molar-refractivity contribution >= 4 is 23.0 Å². The first kappa shape index (κ1) is 17.7. The molecule has 0 heterocycles. The summed E-state index contributed by atoms with van der Waals surface area (Å²) in [5.74, 6) is 0.732. The third kappa shape index (κ3) is 5.50. The fourth-order valence-corrected chi connectivity index (χ4v) is 2.15. The number of rotatable bonds is 7. The summed E-state index contributed by atoms with van der Waals surface area (Å²) in [6.07, 6.45) is 0.147. The summed E-state index contributed by atoms with van der Waals surface area (Å²) in [7, 11) is 3.96. The van der Waals surface area contributed by atoms with Gasteiger partial charge in [-0.2, -0.15) is 0 Å². The van der Waals surface area contributed by atoms with Crippen molar-refractivity contribution in [2.24, 2.45) is 0 Å². The molecule has 0 saturated heterocycles. The van der Waals surface area contributed by atoms with Crippen LogP contribution in [0.4, 0.5) is 17.1 Å². The van der Waals surface area contributed by atoms with Crippen LogP contribution in [0.15, 0.2) is 48.5 Å². The molecule has 0 bridgehead atoms. The van der Waals surface area contributed by atoms with E-state index in [2.05, 4.69) is 10.6 Å². The molecular weight excluding hydrogens is 302 g/mol. The quantitative estimate of drug-likeness (QED) is 0.816. The van der Waals surface area contributed by atoms with Crippen LogP contribution < -0.4 is 20.3 Å². The topological polar surface area (TPSA) is 53.6 Å². The standard InChI is InChI=1S/C19H25N3O2/c1-14(2)24-18-11-7-15(8-12-18)20-13-19(23)21-16-5-9-17(10-6-16)22(3)4/h5-12,14,20H,13H2,1-4H3,(H,21,23). The van der Waals surface area contributed by atoms with E-state index in [1.165, 1.54) is 0 Å². The minimum absolute atomic E-state index is 0.0879. The maximum absolute atomic E-state index is 12.0. The molecule has 0 aromatic heterocycles. The molecule has 5 nitrogen and oxygen atoms in total. The largest absolute Gasteiger partial charge is 0.491 e. The van der Waals surface area contributed by atoms with E-state index in [0.29, 0.717) is 0 Å². The third-order valence-electron chi connectivity index (χ3n) is 3.35. The number of anilines is 3. The molecule has 2 N–H and O–H groups in total. The molecule has 1 amide bonds. The van der Waals surface area contributed by atoms with Crippen LogP contribution >= 0.6 is 0 Å². The number of benzene rings is 2. The Bertz CT molecular complexity index is 649. The Labute approximate surface area is 143 Å². The van der Waals surface area contributed by atoms with Gasteiger partial charge < -0.3 is 20.3 Å². The Kier molecular flexibility index (Phi) is 6.07. The van der Waals surface area contributed by atoms with Crippen LogP contribution in [0.1, 0.15) is 13.8 Å². The summed E-state index contributed by atoms with van der Waals surface area (Å²) in [4.78, 5) is 14.0. The van der Waals surface area contributed by atoms with Crippen molar-refractivity contribution in [2.45, 2.75) is 20.0 Å². The molecule has 2 aromatic carbocycles. The Morgan fingerprint density at radius 1 is 1.00 bits per heavy atom. The molecule has 0 aliphatic heterocycles. The first-order valence-corrected chi connectivity index (χ1v) is 8.02. The highest BCUT2D eigenvalue weighted by molar-refractivity contribution is 5.93. The van der Waals surface area contributed by atoms with Gasteiger partial charge in [0, 0.05) is 31.2 Å². The summed E-state index contributed by atoms with van der Waals surface area (Å²) < 4.78 is 5.59. The molecule has 0 saturated carbocycles. The van der Waals surface area contributed by atoms with Gasteiger partial charge in [-0.1, -0.05) is 0 Å². The normalized spacial score (nSPS) is 10.4. The summed E-state index contributed by atoms with van der Waals surface area (Å²) >= 11 is 0. The monoisotopic (exact) mass is 327 g/mol. The van der Waals surface area contributed by atoms with Crippen LogP contribution in [0.5, 0.6) is 5.75 Å². The van der Waals surface area contributed by atoms with Crippen LogP contribution in [0, 0.1) is 0 Å². The van der Waals surface area contributed by atoms with Gasteiger partial charge in [0.05, 0.1) is 12.6 Å². The van der Waals surface area contributed by atoms with Crippen molar-refractivity contribution in [3.05, 3.63) is 48.5 Å². The van der Waals surface area contributed by atoms with Crippen LogP contribution in [0.25, 0.3) is 0 Å². The third-order valence-corrected chi connectivity index (χ3v) is 3.35. The predicted octanol–water partition coefficient (Wildman–Crippen LogP) is 3.59. The molecule has 0 atom stereocenters. The van der Waals surface area contributed by atoms with Crippen LogP contribution in [-0.2, 0) is 4.79 Å². The smallest absolute Gasteiger partial charge is 0.243 e. The van der Waals surface area contributed by atoms with Gasteiger partial charge in [-0.3, -0.25) is 4.79 Å². The highest BCUT2D eigenvalue weighted by Gasteiger charge is 2.04. The second-order valence-corrected chi connectivity index (χ2v) is 6.03. The second-order valence-electron chi connectivity index (χ2n) is 6.03. The fraction of sp³-hybridized carbons (Fsp3) is 0.316. The SMILES string of the molecule is CC(C)Oc1ccc(NCC(=O)Nc2ccc(N(C)C)cc2)cc1. The average Bonchev–Trinajstić information content (AvgIpc) is 2.54. The van der Waals surface area contributed by atoms with Crippen LogP contribution in [0.2, 0.25) is 0 Å². The Balaban J connectivity index is 1.82. The van der Waals surface area contributed by atoms with E-state index < -0.39 is 0 Å². The van der Waals surface area contributed by atoms with Crippen molar-refractivity contribution in [1.82, 2.24) is 0 Å². The van der Waals surface area contributed by atoms with Gasteiger partial charge in [0.25, 0.3) is 0 Å². The Morgan fingerprint density at radius 3 is 2.12 bits per heavy atom. The number of amides is 1. The lowest BCUT2D eigenvalue weighted by Crippen LogP contribution is -2.21. The van der Waals surface area contributed by atoms with E-state index in [9.17, 15) is 4.79 Å². The zero-order chi connectivity index (χ0) is 17.5. The van der Waals surface area contributed by atoms with E-state index in [1.807, 2.05) is 81.4 Å². The van der Waals surface area contributed by atoms with Crippen molar-refractivity contribution in [3.8, 4) is 5.75 Å². The number of carbonyl (C=O) groups excluding carboxylic acids is 1. The van der Waals surface area contributed by atoms with Crippen molar-refractivity contribution in [2.75, 3.05) is 36.2 Å². The maximum Gasteiger partial charge on any atom is 0.243 e. The lowest BCUT2D eigenvalue weighted by Gasteiger charge is -2.13. The Hall–Kier alpha value is -2.69. The highest BCUT2D eigenvalue weighted by Crippen LogP contribution is 2.17.